The molecule has 1 heterocycles. The first-order chi connectivity index (χ1) is 9.97. The van der Waals surface area contributed by atoms with Crippen LogP contribution in [0.2, 0.25) is 0 Å². The molecular formula is C15H16BrFN2OS. The molecule has 1 aromatic carbocycles. The van der Waals surface area contributed by atoms with Crippen LogP contribution in [0.1, 0.15) is 22.0 Å². The van der Waals surface area contributed by atoms with E-state index in [9.17, 15) is 9.18 Å². The van der Waals surface area contributed by atoms with Gasteiger partial charge in [-0.15, -0.1) is 0 Å². The number of hydrogen-bond acceptors (Lipinski definition) is 3. The number of rotatable bonds is 5. The molecule has 0 aliphatic carbocycles. The minimum atomic E-state index is -0.434. The monoisotopic (exact) mass is 370 g/mol. The Bertz CT molecular complexity index is 596. The maximum Gasteiger partial charge on any atom is 0.251 e. The third-order valence-electron chi connectivity index (χ3n) is 3.13. The van der Waals surface area contributed by atoms with Gasteiger partial charge < -0.3 is 10.2 Å². The third-order valence-corrected chi connectivity index (χ3v) is 4.29. The Hall–Kier alpha value is -1.24. The highest BCUT2D eigenvalue weighted by atomic mass is 79.9. The molecule has 1 unspecified atom stereocenters. The van der Waals surface area contributed by atoms with Gasteiger partial charge in [-0.3, -0.25) is 4.79 Å². The van der Waals surface area contributed by atoms with Crippen LogP contribution in [-0.2, 0) is 0 Å². The van der Waals surface area contributed by atoms with Crippen LogP contribution in [0.15, 0.2) is 39.5 Å². The number of likely N-dealkylation sites (N-methyl/N-ethyl adjacent to an activating group) is 1. The Morgan fingerprint density at radius 3 is 2.76 bits per heavy atom. The molecule has 6 heteroatoms. The van der Waals surface area contributed by atoms with Crippen molar-refractivity contribution in [3.63, 3.8) is 0 Å². The van der Waals surface area contributed by atoms with E-state index in [1.54, 1.807) is 17.4 Å². The van der Waals surface area contributed by atoms with Crippen LogP contribution >= 0.6 is 27.3 Å². The smallest absolute Gasteiger partial charge is 0.251 e. The topological polar surface area (TPSA) is 32.3 Å². The van der Waals surface area contributed by atoms with Crippen LogP contribution in [-0.4, -0.2) is 31.4 Å². The quantitative estimate of drug-likeness (QED) is 0.870. The zero-order chi connectivity index (χ0) is 15.4. The first-order valence-corrected chi connectivity index (χ1v) is 8.14. The summed E-state index contributed by atoms with van der Waals surface area (Å²) < 4.78 is 13.9. The van der Waals surface area contributed by atoms with Gasteiger partial charge in [0.05, 0.1) is 6.04 Å². The minimum absolute atomic E-state index is 0.0946. The van der Waals surface area contributed by atoms with Gasteiger partial charge in [0.2, 0.25) is 0 Å². The number of nitrogens with one attached hydrogen (secondary N) is 1. The maximum absolute atomic E-state index is 13.3. The van der Waals surface area contributed by atoms with E-state index >= 15 is 0 Å². The van der Waals surface area contributed by atoms with Crippen molar-refractivity contribution in [2.24, 2.45) is 0 Å². The zero-order valence-corrected chi connectivity index (χ0v) is 14.2. The molecule has 3 nitrogen and oxygen atoms in total. The van der Waals surface area contributed by atoms with Gasteiger partial charge in [-0.05, 0) is 54.7 Å². The van der Waals surface area contributed by atoms with Crippen molar-refractivity contribution in [1.82, 2.24) is 10.2 Å². The summed E-state index contributed by atoms with van der Waals surface area (Å²) in [6, 6.07) is 6.30. The summed E-state index contributed by atoms with van der Waals surface area (Å²) in [6.07, 6.45) is 0. The van der Waals surface area contributed by atoms with E-state index in [-0.39, 0.29) is 11.9 Å². The molecule has 2 rings (SSSR count). The van der Waals surface area contributed by atoms with Crippen LogP contribution in [0.3, 0.4) is 0 Å². The van der Waals surface area contributed by atoms with Gasteiger partial charge in [0.15, 0.2) is 0 Å². The lowest BCUT2D eigenvalue weighted by Crippen LogP contribution is -2.34. The van der Waals surface area contributed by atoms with Crippen LogP contribution in [0.5, 0.6) is 0 Å². The molecule has 0 spiro atoms. The van der Waals surface area contributed by atoms with Gasteiger partial charge in [0.25, 0.3) is 5.91 Å². The predicted molar refractivity (Wildman–Crippen MR) is 87.2 cm³/mol. The average Bonchev–Trinajstić information content (AvgIpc) is 2.91. The summed E-state index contributed by atoms with van der Waals surface area (Å²) in [4.78, 5) is 14.2. The van der Waals surface area contributed by atoms with Crippen LogP contribution < -0.4 is 5.32 Å². The number of nitrogens with zero attached hydrogens (tertiary/aromatic N) is 1. The number of thiophene rings is 1. The highest BCUT2D eigenvalue weighted by molar-refractivity contribution is 9.10. The lowest BCUT2D eigenvalue weighted by Gasteiger charge is -2.24. The number of benzene rings is 1. The molecule has 1 atom stereocenters. The summed E-state index contributed by atoms with van der Waals surface area (Å²) in [7, 11) is 3.93. The van der Waals surface area contributed by atoms with E-state index in [1.807, 2.05) is 30.4 Å². The lowest BCUT2D eigenvalue weighted by atomic mass is 10.1. The SMILES string of the molecule is CN(C)C(CNC(=O)c1cc(F)cc(Br)c1)c1ccsc1. The number of halogens is 2. The van der Waals surface area contributed by atoms with E-state index in [2.05, 4.69) is 26.6 Å². The van der Waals surface area contributed by atoms with Gasteiger partial charge in [0.1, 0.15) is 5.82 Å². The Morgan fingerprint density at radius 1 is 1.43 bits per heavy atom. The molecule has 0 saturated carbocycles. The molecule has 0 aliphatic rings. The summed E-state index contributed by atoms with van der Waals surface area (Å²) >= 11 is 4.81. The Labute approximate surface area is 135 Å². The predicted octanol–water partition coefficient (Wildman–Crippen LogP) is 3.68. The Kier molecular flexibility index (Phi) is 5.50. The van der Waals surface area contributed by atoms with Gasteiger partial charge in [-0.25, -0.2) is 4.39 Å². The molecule has 0 radical (unpaired) electrons. The molecule has 0 saturated heterocycles. The van der Waals surface area contributed by atoms with E-state index in [0.717, 1.165) is 5.56 Å². The second-order valence-electron chi connectivity index (χ2n) is 4.90. The standard InChI is InChI=1S/C15H16BrFN2OS/c1-19(2)14(10-3-4-21-9-10)8-18-15(20)11-5-12(16)7-13(17)6-11/h3-7,9,14H,8H2,1-2H3,(H,18,20). The second kappa shape index (κ2) is 7.15. The average molecular weight is 371 g/mol. The fourth-order valence-electron chi connectivity index (χ4n) is 2.04. The Balaban J connectivity index is 2.05. The van der Waals surface area contributed by atoms with Gasteiger partial charge >= 0.3 is 0 Å². The van der Waals surface area contributed by atoms with Crippen molar-refractivity contribution in [3.8, 4) is 0 Å². The van der Waals surface area contributed by atoms with E-state index in [0.29, 0.717) is 16.6 Å². The van der Waals surface area contributed by atoms with Crippen molar-refractivity contribution in [2.45, 2.75) is 6.04 Å². The molecule has 112 valence electrons. The van der Waals surface area contributed by atoms with Crippen LogP contribution in [0.4, 0.5) is 4.39 Å². The van der Waals surface area contributed by atoms with E-state index in [1.165, 1.54) is 12.1 Å². The second-order valence-corrected chi connectivity index (χ2v) is 6.60. The van der Waals surface area contributed by atoms with Gasteiger partial charge in [0, 0.05) is 16.6 Å². The largest absolute Gasteiger partial charge is 0.350 e. The molecule has 21 heavy (non-hydrogen) atoms. The Morgan fingerprint density at radius 2 is 2.19 bits per heavy atom. The van der Waals surface area contributed by atoms with Crippen LogP contribution in [0.25, 0.3) is 0 Å². The fraction of sp³-hybridized carbons (Fsp3) is 0.267. The summed E-state index contributed by atoms with van der Waals surface area (Å²) in [6.45, 7) is 0.469. The first-order valence-electron chi connectivity index (χ1n) is 6.40. The van der Waals surface area contributed by atoms with E-state index < -0.39 is 5.82 Å². The highest BCUT2D eigenvalue weighted by Gasteiger charge is 2.16. The first kappa shape index (κ1) is 16.1. The third kappa shape index (κ3) is 4.36. The molecular weight excluding hydrogens is 355 g/mol. The number of carbonyl (C=O) groups excluding carboxylic acids is 1. The number of carbonyl (C=O) groups is 1. The molecule has 0 fully saturated rings. The zero-order valence-electron chi connectivity index (χ0n) is 11.8. The lowest BCUT2D eigenvalue weighted by molar-refractivity contribution is 0.0941. The fourth-order valence-corrected chi connectivity index (χ4v) is 3.21. The molecule has 0 bridgehead atoms. The van der Waals surface area contributed by atoms with Crippen molar-refractivity contribution >= 4 is 33.2 Å². The highest BCUT2D eigenvalue weighted by Crippen LogP contribution is 2.20. The number of hydrogen-bond donors (Lipinski definition) is 1. The van der Waals surface area contributed by atoms with Crippen molar-refractivity contribution in [3.05, 3.63) is 56.4 Å². The van der Waals surface area contributed by atoms with Crippen molar-refractivity contribution < 1.29 is 9.18 Å². The molecule has 1 N–H and O–H groups in total. The molecule has 2 aromatic rings. The van der Waals surface area contributed by atoms with Gasteiger partial charge in [-0.2, -0.15) is 11.3 Å². The van der Waals surface area contributed by atoms with E-state index in [4.69, 9.17) is 0 Å². The normalized spacial score (nSPS) is 12.4. The van der Waals surface area contributed by atoms with Gasteiger partial charge in [-0.1, -0.05) is 15.9 Å². The molecule has 1 amide bonds. The minimum Gasteiger partial charge on any atom is -0.350 e. The number of amides is 1. The van der Waals surface area contributed by atoms with Crippen molar-refractivity contribution in [2.75, 3.05) is 20.6 Å². The molecule has 0 aliphatic heterocycles. The van der Waals surface area contributed by atoms with Crippen LogP contribution in [0, 0.1) is 5.82 Å². The van der Waals surface area contributed by atoms with Crippen molar-refractivity contribution in [1.29, 1.82) is 0 Å². The summed E-state index contributed by atoms with van der Waals surface area (Å²) in [5.41, 5.74) is 1.47. The summed E-state index contributed by atoms with van der Waals surface area (Å²) in [5.74, 6) is -0.714. The summed E-state index contributed by atoms with van der Waals surface area (Å²) in [5, 5.41) is 6.94. The maximum atomic E-state index is 13.3. The molecule has 1 aromatic heterocycles.